The summed E-state index contributed by atoms with van der Waals surface area (Å²) in [7, 11) is 0. The van der Waals surface area contributed by atoms with Crippen molar-refractivity contribution in [3.8, 4) is 17.9 Å². The predicted molar refractivity (Wildman–Crippen MR) is 58.0 cm³/mol. The predicted octanol–water partition coefficient (Wildman–Crippen LogP) is 2.68. The molecule has 1 aromatic rings. The van der Waals surface area contributed by atoms with Gasteiger partial charge < -0.3 is 4.74 Å². The van der Waals surface area contributed by atoms with Gasteiger partial charge in [0.15, 0.2) is 0 Å². The van der Waals surface area contributed by atoms with Gasteiger partial charge in [-0.15, -0.1) is 0 Å². The molecule has 76 valence electrons. The van der Waals surface area contributed by atoms with Crippen molar-refractivity contribution in [3.05, 3.63) is 42.5 Å². The van der Waals surface area contributed by atoms with Gasteiger partial charge in [-0.25, -0.2) is 0 Å². The van der Waals surface area contributed by atoms with Gasteiger partial charge in [0.25, 0.3) is 0 Å². The fourth-order valence-electron chi connectivity index (χ4n) is 0.708. The van der Waals surface area contributed by atoms with Gasteiger partial charge in [-0.3, -0.25) is 0 Å². The second-order valence-corrected chi connectivity index (χ2v) is 2.45. The van der Waals surface area contributed by atoms with E-state index in [9.17, 15) is 0 Å². The number of allylic oxidation sites excluding steroid dienone is 1. The summed E-state index contributed by atoms with van der Waals surface area (Å²) >= 11 is 0. The molecule has 0 saturated heterocycles. The minimum absolute atomic E-state index is 0.0463. The highest BCUT2D eigenvalue weighted by atomic mass is 16.5. The summed E-state index contributed by atoms with van der Waals surface area (Å²) in [5, 5.41) is 15.5. The van der Waals surface area contributed by atoms with E-state index in [2.05, 4.69) is 6.58 Å². The molecule has 0 bridgehead atoms. The van der Waals surface area contributed by atoms with Gasteiger partial charge in [0.1, 0.15) is 23.5 Å². The van der Waals surface area contributed by atoms with Crippen LogP contribution in [0.25, 0.3) is 0 Å². The maximum Gasteiger partial charge on any atom is 0.122 e. The van der Waals surface area contributed by atoms with E-state index in [-0.39, 0.29) is 5.57 Å². The van der Waals surface area contributed by atoms with Gasteiger partial charge in [0.05, 0.1) is 6.61 Å². The minimum Gasteiger partial charge on any atom is -0.494 e. The lowest BCUT2D eigenvalue weighted by Crippen LogP contribution is -1.89. The summed E-state index contributed by atoms with van der Waals surface area (Å²) in [6, 6.07) is 12.9. The highest BCUT2D eigenvalue weighted by Gasteiger charge is 1.83. The molecule has 1 rings (SSSR count). The van der Waals surface area contributed by atoms with E-state index >= 15 is 0 Å². The first kappa shape index (κ1) is 12.7. The van der Waals surface area contributed by atoms with Gasteiger partial charge in [-0.05, 0) is 19.1 Å². The number of nitrogens with zero attached hydrogens (tertiary/aromatic N) is 2. The second kappa shape index (κ2) is 8.34. The maximum atomic E-state index is 7.76. The molecule has 0 atom stereocenters. The Morgan fingerprint density at radius 1 is 1.27 bits per heavy atom. The van der Waals surface area contributed by atoms with Crippen LogP contribution in [0.15, 0.2) is 42.5 Å². The Bertz CT molecular complexity index is 355. The fourth-order valence-corrected chi connectivity index (χ4v) is 0.708. The van der Waals surface area contributed by atoms with E-state index in [4.69, 9.17) is 15.3 Å². The molecule has 0 spiro atoms. The summed E-state index contributed by atoms with van der Waals surface area (Å²) in [5.74, 6) is 0.944. The number of para-hydroxylation sites is 1. The smallest absolute Gasteiger partial charge is 0.122 e. The third-order valence-electron chi connectivity index (χ3n) is 1.32. The maximum absolute atomic E-state index is 7.76. The molecule has 0 aliphatic carbocycles. The summed E-state index contributed by atoms with van der Waals surface area (Å²) in [4.78, 5) is 0. The second-order valence-electron chi connectivity index (χ2n) is 2.45. The summed E-state index contributed by atoms with van der Waals surface area (Å²) in [6.45, 7) is 5.79. The van der Waals surface area contributed by atoms with Crippen molar-refractivity contribution in [2.45, 2.75) is 6.92 Å². The van der Waals surface area contributed by atoms with Crippen molar-refractivity contribution in [1.29, 1.82) is 10.5 Å². The number of rotatable bonds is 2. The third-order valence-corrected chi connectivity index (χ3v) is 1.32. The quantitative estimate of drug-likeness (QED) is 0.689. The molecule has 0 N–H and O–H groups in total. The SMILES string of the molecule is C=C(C#N)C#N.CCOc1ccccc1. The van der Waals surface area contributed by atoms with E-state index < -0.39 is 0 Å². The molecule has 0 heterocycles. The number of ether oxygens (including phenoxy) is 1. The van der Waals surface area contributed by atoms with Crippen molar-refractivity contribution in [2.24, 2.45) is 0 Å². The molecule has 3 heteroatoms. The van der Waals surface area contributed by atoms with Crippen LogP contribution in [0.5, 0.6) is 5.75 Å². The average molecular weight is 200 g/mol. The molecule has 1 aromatic carbocycles. The van der Waals surface area contributed by atoms with Crippen LogP contribution in [-0.2, 0) is 0 Å². The molecule has 0 saturated carbocycles. The number of hydrogen-bond donors (Lipinski definition) is 0. The van der Waals surface area contributed by atoms with Gasteiger partial charge in [-0.1, -0.05) is 24.8 Å². The Labute approximate surface area is 89.8 Å². The number of nitriles is 2. The van der Waals surface area contributed by atoms with Gasteiger partial charge in [-0.2, -0.15) is 10.5 Å². The number of benzene rings is 1. The molecular weight excluding hydrogens is 188 g/mol. The summed E-state index contributed by atoms with van der Waals surface area (Å²) < 4.78 is 5.21. The lowest BCUT2D eigenvalue weighted by Gasteiger charge is -1.99. The molecule has 0 aromatic heterocycles. The van der Waals surface area contributed by atoms with Crippen molar-refractivity contribution in [3.63, 3.8) is 0 Å². The van der Waals surface area contributed by atoms with E-state index in [1.807, 2.05) is 37.3 Å². The zero-order chi connectivity index (χ0) is 11.5. The molecule has 0 radical (unpaired) electrons. The van der Waals surface area contributed by atoms with Crippen LogP contribution in [0.2, 0.25) is 0 Å². The lowest BCUT2D eigenvalue weighted by molar-refractivity contribution is 0.340. The van der Waals surface area contributed by atoms with Crippen molar-refractivity contribution >= 4 is 0 Å². The Kier molecular flexibility index (Phi) is 7.09. The average Bonchev–Trinajstić information content (AvgIpc) is 2.31. The van der Waals surface area contributed by atoms with Gasteiger partial charge in [0.2, 0.25) is 0 Å². The summed E-state index contributed by atoms with van der Waals surface area (Å²) in [5.41, 5.74) is -0.0463. The van der Waals surface area contributed by atoms with Crippen LogP contribution in [-0.4, -0.2) is 6.61 Å². The molecule has 0 unspecified atom stereocenters. The Morgan fingerprint density at radius 3 is 2.13 bits per heavy atom. The summed E-state index contributed by atoms with van der Waals surface area (Å²) in [6.07, 6.45) is 0. The number of hydrogen-bond acceptors (Lipinski definition) is 3. The zero-order valence-corrected chi connectivity index (χ0v) is 8.60. The van der Waals surface area contributed by atoms with Crippen molar-refractivity contribution < 1.29 is 4.74 Å². The van der Waals surface area contributed by atoms with Crippen LogP contribution in [0.1, 0.15) is 6.92 Å². The minimum atomic E-state index is -0.0463. The third kappa shape index (κ3) is 6.86. The van der Waals surface area contributed by atoms with E-state index in [1.54, 1.807) is 12.1 Å². The van der Waals surface area contributed by atoms with Crippen LogP contribution in [0.4, 0.5) is 0 Å². The van der Waals surface area contributed by atoms with Crippen molar-refractivity contribution in [1.82, 2.24) is 0 Å². The molecular formula is C12H12N2O. The van der Waals surface area contributed by atoms with Crippen LogP contribution >= 0.6 is 0 Å². The van der Waals surface area contributed by atoms with E-state index in [1.165, 1.54) is 0 Å². The largest absolute Gasteiger partial charge is 0.494 e. The first-order valence-corrected chi connectivity index (χ1v) is 4.41. The first-order valence-electron chi connectivity index (χ1n) is 4.41. The van der Waals surface area contributed by atoms with Crippen molar-refractivity contribution in [2.75, 3.05) is 6.61 Å². The molecule has 0 fully saturated rings. The topological polar surface area (TPSA) is 56.8 Å². The van der Waals surface area contributed by atoms with E-state index in [0.717, 1.165) is 12.4 Å². The molecule has 15 heavy (non-hydrogen) atoms. The molecule has 0 aliphatic heterocycles. The Balaban J connectivity index is 0.000000288. The zero-order valence-electron chi connectivity index (χ0n) is 8.60. The molecule has 0 amide bonds. The Morgan fingerprint density at radius 2 is 1.80 bits per heavy atom. The molecule has 0 aliphatic rings. The molecule has 3 nitrogen and oxygen atoms in total. The van der Waals surface area contributed by atoms with Crippen LogP contribution < -0.4 is 4.74 Å². The lowest BCUT2D eigenvalue weighted by atomic mass is 10.3. The van der Waals surface area contributed by atoms with Crippen LogP contribution in [0.3, 0.4) is 0 Å². The van der Waals surface area contributed by atoms with Crippen LogP contribution in [0, 0.1) is 22.7 Å². The van der Waals surface area contributed by atoms with E-state index in [0.29, 0.717) is 0 Å². The highest BCUT2D eigenvalue weighted by Crippen LogP contribution is 2.06. The first-order chi connectivity index (χ1) is 7.24. The Hall–Kier alpha value is -2.26. The van der Waals surface area contributed by atoms with Gasteiger partial charge >= 0.3 is 0 Å². The highest BCUT2D eigenvalue weighted by molar-refractivity contribution is 5.31. The monoisotopic (exact) mass is 200 g/mol. The normalized spacial score (nSPS) is 7.40. The fraction of sp³-hybridized carbons (Fsp3) is 0.167. The standard InChI is InChI=1S/C8H10O.C4H2N2/c1-2-9-8-6-4-3-5-7-8;1-4(2-5)3-6/h3-7H,2H2,1H3;1H2. The van der Waals surface area contributed by atoms with Gasteiger partial charge in [0, 0.05) is 0 Å².